The number of rotatable bonds is 5. The highest BCUT2D eigenvalue weighted by Crippen LogP contribution is 2.32. The van der Waals surface area contributed by atoms with E-state index in [1.807, 2.05) is 0 Å². The Morgan fingerprint density at radius 3 is 2.44 bits per heavy atom. The third-order valence-corrected chi connectivity index (χ3v) is 6.21. The molecule has 2 aromatic carbocycles. The van der Waals surface area contributed by atoms with Crippen LogP contribution in [0.1, 0.15) is 18.3 Å². The zero-order valence-electron chi connectivity index (χ0n) is 16.8. The number of nitrogens with one attached hydrogen (secondary N) is 1. The molecule has 1 aliphatic rings. The molecule has 166 valence electrons. The van der Waals surface area contributed by atoms with E-state index in [9.17, 15) is 26.8 Å². The molecular weight excluding hydrogens is 446 g/mol. The third-order valence-electron chi connectivity index (χ3n) is 5.09. The third kappa shape index (κ3) is 3.60. The van der Waals surface area contributed by atoms with E-state index in [0.29, 0.717) is 5.69 Å². The number of carbonyl (C=O) groups is 2. The molecule has 32 heavy (non-hydrogen) atoms. The highest BCUT2D eigenvalue weighted by molar-refractivity contribution is 7.90. The van der Waals surface area contributed by atoms with Crippen LogP contribution in [0, 0.1) is 11.6 Å². The molecule has 0 radical (unpaired) electrons. The number of hydrogen-bond acceptors (Lipinski definition) is 7. The first-order valence-corrected chi connectivity index (χ1v) is 11.1. The fourth-order valence-electron chi connectivity index (χ4n) is 3.38. The summed E-state index contributed by atoms with van der Waals surface area (Å²) < 4.78 is 52.5. The molecule has 0 aliphatic carbocycles. The van der Waals surface area contributed by atoms with Crippen molar-refractivity contribution in [1.29, 1.82) is 0 Å². The lowest BCUT2D eigenvalue weighted by Gasteiger charge is -2.22. The van der Waals surface area contributed by atoms with Gasteiger partial charge in [0.15, 0.2) is 15.7 Å². The number of tetrazole rings is 1. The van der Waals surface area contributed by atoms with Crippen molar-refractivity contribution >= 4 is 21.8 Å². The Morgan fingerprint density at radius 2 is 1.78 bits per heavy atom. The summed E-state index contributed by atoms with van der Waals surface area (Å²) >= 11 is 0. The van der Waals surface area contributed by atoms with Crippen molar-refractivity contribution in [3.05, 3.63) is 65.5 Å². The van der Waals surface area contributed by atoms with Crippen LogP contribution in [0.4, 0.5) is 13.6 Å². The number of imide groups is 1. The van der Waals surface area contributed by atoms with Crippen LogP contribution in [-0.4, -0.2) is 51.7 Å². The highest BCUT2D eigenvalue weighted by atomic mass is 32.2. The van der Waals surface area contributed by atoms with E-state index in [-0.39, 0.29) is 22.8 Å². The van der Waals surface area contributed by atoms with Gasteiger partial charge < -0.3 is 5.32 Å². The number of halogens is 2. The Kier molecular flexibility index (Phi) is 5.00. The van der Waals surface area contributed by atoms with Crippen LogP contribution in [0.25, 0.3) is 5.69 Å². The van der Waals surface area contributed by atoms with E-state index in [4.69, 9.17) is 0 Å². The number of hydrogen-bond donors (Lipinski definition) is 1. The predicted octanol–water partition coefficient (Wildman–Crippen LogP) is 1.31. The van der Waals surface area contributed by atoms with Crippen LogP contribution in [-0.2, 0) is 26.7 Å². The zero-order chi connectivity index (χ0) is 23.3. The smallest absolute Gasteiger partial charge is 0.319 e. The van der Waals surface area contributed by atoms with Crippen LogP contribution in [0.5, 0.6) is 0 Å². The van der Waals surface area contributed by atoms with Crippen molar-refractivity contribution in [3.8, 4) is 5.69 Å². The normalized spacial score (nSPS) is 18.8. The predicted molar refractivity (Wildman–Crippen MR) is 105 cm³/mol. The lowest BCUT2D eigenvalue weighted by atomic mass is 9.91. The number of carbonyl (C=O) groups excluding carboxylic acids is 2. The first-order valence-electron chi connectivity index (χ1n) is 9.18. The van der Waals surface area contributed by atoms with Crippen LogP contribution in [0.3, 0.4) is 0 Å². The van der Waals surface area contributed by atoms with Crippen LogP contribution >= 0.6 is 0 Å². The fourth-order valence-corrected chi connectivity index (χ4v) is 4.02. The number of aromatic nitrogens is 4. The fraction of sp³-hybridized carbons (Fsp3) is 0.211. The molecule has 1 N–H and O–H groups in total. The molecule has 3 aromatic rings. The van der Waals surface area contributed by atoms with E-state index in [0.717, 1.165) is 29.4 Å². The van der Waals surface area contributed by atoms with Gasteiger partial charge in [-0.3, -0.25) is 9.69 Å². The first kappa shape index (κ1) is 21.5. The van der Waals surface area contributed by atoms with Gasteiger partial charge >= 0.3 is 6.03 Å². The summed E-state index contributed by atoms with van der Waals surface area (Å²) in [5.74, 6) is -2.33. The van der Waals surface area contributed by atoms with Gasteiger partial charge in [-0.15, -0.1) is 5.10 Å². The molecule has 1 aliphatic heterocycles. The average molecular weight is 462 g/mol. The van der Waals surface area contributed by atoms with Crippen molar-refractivity contribution in [3.63, 3.8) is 0 Å². The van der Waals surface area contributed by atoms with Gasteiger partial charge in [-0.05, 0) is 59.8 Å². The Hall–Kier alpha value is -3.74. The van der Waals surface area contributed by atoms with Crippen molar-refractivity contribution in [2.45, 2.75) is 23.9 Å². The van der Waals surface area contributed by atoms with Crippen molar-refractivity contribution in [2.75, 3.05) is 6.26 Å². The number of urea groups is 1. The number of amides is 3. The molecule has 0 saturated carbocycles. The zero-order valence-corrected chi connectivity index (χ0v) is 17.6. The average Bonchev–Trinajstić information content (AvgIpc) is 3.28. The molecule has 0 bridgehead atoms. The van der Waals surface area contributed by atoms with Gasteiger partial charge in [0.1, 0.15) is 17.2 Å². The molecule has 1 unspecified atom stereocenters. The monoisotopic (exact) mass is 462 g/mol. The van der Waals surface area contributed by atoms with Crippen molar-refractivity contribution < 1.29 is 26.8 Å². The Bertz CT molecular complexity index is 1340. The molecule has 3 amide bonds. The van der Waals surface area contributed by atoms with Gasteiger partial charge in [-0.1, -0.05) is 0 Å². The minimum absolute atomic E-state index is 0.0876. The van der Waals surface area contributed by atoms with E-state index in [1.54, 1.807) is 0 Å². The van der Waals surface area contributed by atoms with Gasteiger partial charge in [-0.2, -0.15) is 4.68 Å². The number of sulfone groups is 1. The van der Waals surface area contributed by atoms with Gasteiger partial charge in [-0.25, -0.2) is 22.0 Å². The molecule has 1 aromatic heterocycles. The maximum Gasteiger partial charge on any atom is 0.325 e. The van der Waals surface area contributed by atoms with E-state index in [2.05, 4.69) is 20.8 Å². The maximum absolute atomic E-state index is 14.3. The highest BCUT2D eigenvalue weighted by Gasteiger charge is 2.50. The van der Waals surface area contributed by atoms with Gasteiger partial charge in [0, 0.05) is 11.8 Å². The quantitative estimate of drug-likeness (QED) is 0.567. The molecule has 4 rings (SSSR count). The molecule has 1 fully saturated rings. The molecule has 13 heteroatoms. The number of benzene rings is 2. The summed E-state index contributed by atoms with van der Waals surface area (Å²) in [6, 6.07) is 7.47. The largest absolute Gasteiger partial charge is 0.325 e. The molecule has 2 heterocycles. The van der Waals surface area contributed by atoms with E-state index >= 15 is 0 Å². The van der Waals surface area contributed by atoms with E-state index in [1.165, 1.54) is 35.9 Å². The summed E-state index contributed by atoms with van der Waals surface area (Å²) in [5.41, 5.74) is -1.74. The Balaban J connectivity index is 1.64. The molecular formula is C19H16F2N6O4S. The minimum Gasteiger partial charge on any atom is -0.319 e. The van der Waals surface area contributed by atoms with Crippen molar-refractivity contribution in [1.82, 2.24) is 30.4 Å². The Morgan fingerprint density at radius 1 is 1.09 bits per heavy atom. The first-order chi connectivity index (χ1) is 15.0. The minimum atomic E-state index is -3.40. The van der Waals surface area contributed by atoms with Gasteiger partial charge in [0.2, 0.25) is 0 Å². The molecule has 1 saturated heterocycles. The van der Waals surface area contributed by atoms with Gasteiger partial charge in [0.25, 0.3) is 5.91 Å². The summed E-state index contributed by atoms with van der Waals surface area (Å²) in [4.78, 5) is 26.5. The van der Waals surface area contributed by atoms with Gasteiger partial charge in [0.05, 0.1) is 17.1 Å². The van der Waals surface area contributed by atoms with Crippen LogP contribution < -0.4 is 5.32 Å². The van der Waals surface area contributed by atoms with E-state index < -0.39 is 38.9 Å². The summed E-state index contributed by atoms with van der Waals surface area (Å²) in [7, 11) is -3.40. The van der Waals surface area contributed by atoms with Crippen LogP contribution in [0.2, 0.25) is 0 Å². The second-order valence-corrected chi connectivity index (χ2v) is 9.36. The maximum atomic E-state index is 14.3. The van der Waals surface area contributed by atoms with Crippen LogP contribution in [0.15, 0.2) is 47.4 Å². The summed E-state index contributed by atoms with van der Waals surface area (Å²) in [5, 5.41) is 13.6. The lowest BCUT2D eigenvalue weighted by molar-refractivity contribution is -0.131. The second kappa shape index (κ2) is 7.44. The standard InChI is InChI=1S/C19H16F2N6O4S/c1-19(14-9-11(20)3-8-15(14)21)17(28)26(18(29)22-19)10-16-23-24-25-27(16)12-4-6-13(7-5-12)32(2,30)31/h3-9H,10H2,1-2H3,(H,22,29). The summed E-state index contributed by atoms with van der Waals surface area (Å²) in [6.45, 7) is 0.913. The SMILES string of the molecule is CC1(c2cc(F)ccc2F)NC(=O)N(Cc2nnnn2-c2ccc(S(C)(=O)=O)cc2)C1=O. The summed E-state index contributed by atoms with van der Waals surface area (Å²) in [6.07, 6.45) is 1.07. The number of nitrogens with zero attached hydrogens (tertiary/aromatic N) is 5. The second-order valence-electron chi connectivity index (χ2n) is 7.34. The lowest BCUT2D eigenvalue weighted by Crippen LogP contribution is -2.41. The molecule has 0 spiro atoms. The van der Waals surface area contributed by atoms with Crippen molar-refractivity contribution in [2.24, 2.45) is 0 Å². The Labute approximate surface area is 180 Å². The molecule has 1 atom stereocenters. The molecule has 10 nitrogen and oxygen atoms in total. The topological polar surface area (TPSA) is 127 Å².